The highest BCUT2D eigenvalue weighted by atomic mass is 28.4. The third-order valence-corrected chi connectivity index (χ3v) is 5.79. The van der Waals surface area contributed by atoms with Crippen LogP contribution in [0.4, 0.5) is 0 Å². The number of hydrogen-bond donors (Lipinski definition) is 0. The molecule has 1 aromatic carbocycles. The van der Waals surface area contributed by atoms with Crippen molar-refractivity contribution in [3.63, 3.8) is 0 Å². The highest BCUT2D eigenvalue weighted by Crippen LogP contribution is 2.11. The van der Waals surface area contributed by atoms with Gasteiger partial charge in [-0.15, -0.1) is 0 Å². The van der Waals surface area contributed by atoms with E-state index in [9.17, 15) is 4.79 Å². The molecule has 0 saturated carbocycles. The summed E-state index contributed by atoms with van der Waals surface area (Å²) in [5.74, 6) is -0.0513. The Morgan fingerprint density at radius 3 is 2.16 bits per heavy atom. The van der Waals surface area contributed by atoms with Crippen LogP contribution in [-0.4, -0.2) is 22.4 Å². The molecule has 0 bridgehead atoms. The maximum atomic E-state index is 11.8. The Kier molecular flexibility index (Phi) is 5.15. The number of hydrogen-bond acceptors (Lipinski definition) is 2. The first-order valence-corrected chi connectivity index (χ1v) is 13.8. The van der Waals surface area contributed by atoms with E-state index in [-0.39, 0.29) is 5.97 Å². The van der Waals surface area contributed by atoms with Gasteiger partial charge in [0.2, 0.25) is 8.32 Å². The van der Waals surface area contributed by atoms with E-state index in [0.717, 1.165) is 6.42 Å². The van der Waals surface area contributed by atoms with Crippen LogP contribution in [0.5, 0.6) is 0 Å². The molecular formula is C15H26O2Si2. The van der Waals surface area contributed by atoms with Crippen LogP contribution in [-0.2, 0) is 15.6 Å². The summed E-state index contributed by atoms with van der Waals surface area (Å²) in [5.41, 5.74) is 1.31. The first-order chi connectivity index (χ1) is 8.59. The molecule has 0 aliphatic rings. The van der Waals surface area contributed by atoms with Crippen molar-refractivity contribution in [3.05, 3.63) is 29.8 Å². The predicted molar refractivity (Wildman–Crippen MR) is 87.2 cm³/mol. The Hall–Kier alpha value is -0.876. The largest absolute Gasteiger partial charge is 0.520 e. The van der Waals surface area contributed by atoms with E-state index in [4.69, 9.17) is 4.43 Å². The number of benzene rings is 1. The molecule has 0 spiro atoms. The monoisotopic (exact) mass is 294 g/mol. The summed E-state index contributed by atoms with van der Waals surface area (Å²) in [6.45, 7) is 13.1. The SMILES string of the molecule is C[Si](C)(C)OC(=O)CCc1ccccc1[Si](C)(C)C. The Balaban J connectivity index is 2.71. The summed E-state index contributed by atoms with van der Waals surface area (Å²) >= 11 is 0. The molecule has 2 nitrogen and oxygen atoms in total. The van der Waals surface area contributed by atoms with Crippen molar-refractivity contribution >= 4 is 27.5 Å². The van der Waals surface area contributed by atoms with Crippen molar-refractivity contribution in [1.29, 1.82) is 0 Å². The topological polar surface area (TPSA) is 26.3 Å². The lowest BCUT2D eigenvalue weighted by atomic mass is 10.1. The summed E-state index contributed by atoms with van der Waals surface area (Å²) in [7, 11) is -3.09. The van der Waals surface area contributed by atoms with Gasteiger partial charge in [0, 0.05) is 6.42 Å². The molecule has 19 heavy (non-hydrogen) atoms. The van der Waals surface area contributed by atoms with Gasteiger partial charge in [-0.25, -0.2) is 0 Å². The van der Waals surface area contributed by atoms with Gasteiger partial charge >= 0.3 is 0 Å². The lowest BCUT2D eigenvalue weighted by molar-refractivity contribution is -0.135. The van der Waals surface area contributed by atoms with E-state index >= 15 is 0 Å². The molecule has 0 N–H and O–H groups in total. The quantitative estimate of drug-likeness (QED) is 0.776. The molecule has 106 valence electrons. The zero-order chi connectivity index (χ0) is 14.7. The predicted octanol–water partition coefficient (Wildman–Crippen LogP) is 3.54. The van der Waals surface area contributed by atoms with E-state index in [1.54, 1.807) is 0 Å². The second-order valence-corrected chi connectivity index (χ2v) is 16.5. The van der Waals surface area contributed by atoms with Gasteiger partial charge < -0.3 is 4.43 Å². The summed E-state index contributed by atoms with van der Waals surface area (Å²) < 4.78 is 5.50. The van der Waals surface area contributed by atoms with Crippen LogP contribution in [0.1, 0.15) is 12.0 Å². The minimum absolute atomic E-state index is 0.0513. The van der Waals surface area contributed by atoms with E-state index in [0.29, 0.717) is 6.42 Å². The standard InChI is InChI=1S/C15H26O2Si2/c1-18(2,3)14-10-8-7-9-13(14)11-12-15(16)17-19(4,5)6/h7-10H,11-12H2,1-6H3. The van der Waals surface area contributed by atoms with Gasteiger partial charge in [-0.1, -0.05) is 49.1 Å². The van der Waals surface area contributed by atoms with Crippen LogP contribution >= 0.6 is 0 Å². The van der Waals surface area contributed by atoms with Crippen molar-refractivity contribution in [2.75, 3.05) is 0 Å². The molecule has 0 amide bonds. The summed E-state index contributed by atoms with van der Waals surface area (Å²) in [6, 6.07) is 8.51. The first-order valence-electron chi connectivity index (χ1n) is 6.90. The molecular weight excluding hydrogens is 268 g/mol. The Labute approximate surface area is 119 Å². The van der Waals surface area contributed by atoms with Crippen LogP contribution in [0.15, 0.2) is 24.3 Å². The molecule has 0 aromatic heterocycles. The highest BCUT2D eigenvalue weighted by Gasteiger charge is 2.22. The van der Waals surface area contributed by atoms with Crippen LogP contribution < -0.4 is 5.19 Å². The van der Waals surface area contributed by atoms with Gasteiger partial charge in [-0.2, -0.15) is 0 Å². The molecule has 0 heterocycles. The zero-order valence-electron chi connectivity index (χ0n) is 13.0. The Morgan fingerprint density at radius 1 is 1.05 bits per heavy atom. The number of carbonyl (C=O) groups is 1. The van der Waals surface area contributed by atoms with Gasteiger partial charge in [0.25, 0.3) is 5.97 Å². The molecule has 1 aromatic rings. The number of aryl methyl sites for hydroxylation is 1. The second-order valence-electron chi connectivity index (χ2n) is 6.99. The fraction of sp³-hybridized carbons (Fsp3) is 0.533. The highest BCUT2D eigenvalue weighted by molar-refractivity contribution is 6.89. The molecule has 0 radical (unpaired) electrons. The van der Waals surface area contributed by atoms with Crippen LogP contribution in [0.3, 0.4) is 0 Å². The molecule has 1 rings (SSSR count). The van der Waals surface area contributed by atoms with Gasteiger partial charge in [-0.3, -0.25) is 4.79 Å². The Morgan fingerprint density at radius 2 is 1.63 bits per heavy atom. The third-order valence-electron chi connectivity index (χ3n) is 2.84. The van der Waals surface area contributed by atoms with Crippen molar-refractivity contribution < 1.29 is 9.22 Å². The van der Waals surface area contributed by atoms with Crippen molar-refractivity contribution in [2.45, 2.75) is 52.1 Å². The lowest BCUT2D eigenvalue weighted by Gasteiger charge is -2.21. The number of carbonyl (C=O) groups excluding carboxylic acids is 1. The average Bonchev–Trinajstić information content (AvgIpc) is 2.23. The molecule has 0 aliphatic carbocycles. The van der Waals surface area contributed by atoms with Gasteiger partial charge in [0.15, 0.2) is 0 Å². The molecule has 0 unspecified atom stereocenters. The van der Waals surface area contributed by atoms with Gasteiger partial charge in [0.05, 0.1) is 8.07 Å². The van der Waals surface area contributed by atoms with E-state index in [1.165, 1.54) is 10.8 Å². The lowest BCUT2D eigenvalue weighted by Crippen LogP contribution is -2.40. The van der Waals surface area contributed by atoms with Crippen LogP contribution in [0, 0.1) is 0 Å². The fourth-order valence-corrected chi connectivity index (χ4v) is 4.65. The maximum Gasteiger partial charge on any atom is 0.292 e. The normalized spacial score (nSPS) is 12.3. The summed E-state index contributed by atoms with van der Waals surface area (Å²) in [5, 5.41) is 1.45. The average molecular weight is 295 g/mol. The van der Waals surface area contributed by atoms with Crippen molar-refractivity contribution in [3.8, 4) is 0 Å². The molecule has 0 atom stereocenters. The summed E-state index contributed by atoms with van der Waals surface area (Å²) in [4.78, 5) is 11.8. The zero-order valence-corrected chi connectivity index (χ0v) is 15.0. The smallest absolute Gasteiger partial charge is 0.292 e. The van der Waals surface area contributed by atoms with Crippen LogP contribution in [0.25, 0.3) is 0 Å². The van der Waals surface area contributed by atoms with Crippen molar-refractivity contribution in [2.24, 2.45) is 0 Å². The maximum absolute atomic E-state index is 11.8. The molecule has 0 saturated heterocycles. The number of rotatable bonds is 5. The Bertz CT molecular complexity index is 442. The first kappa shape index (κ1) is 16.2. The molecule has 4 heteroatoms. The molecule has 0 fully saturated rings. The van der Waals surface area contributed by atoms with E-state index in [1.807, 2.05) is 19.6 Å². The third kappa shape index (κ3) is 5.74. The van der Waals surface area contributed by atoms with Crippen molar-refractivity contribution in [1.82, 2.24) is 0 Å². The minimum atomic E-state index is -1.75. The minimum Gasteiger partial charge on any atom is -0.520 e. The second kappa shape index (κ2) is 6.05. The molecule has 0 aliphatic heterocycles. The van der Waals surface area contributed by atoms with E-state index in [2.05, 4.69) is 43.9 Å². The van der Waals surface area contributed by atoms with Gasteiger partial charge in [-0.05, 0) is 31.6 Å². The van der Waals surface area contributed by atoms with Gasteiger partial charge in [0.1, 0.15) is 0 Å². The fourth-order valence-electron chi connectivity index (χ4n) is 2.10. The van der Waals surface area contributed by atoms with Crippen LogP contribution in [0.2, 0.25) is 39.3 Å². The summed E-state index contributed by atoms with van der Waals surface area (Å²) in [6.07, 6.45) is 1.29. The van der Waals surface area contributed by atoms with E-state index < -0.39 is 16.4 Å².